The minimum atomic E-state index is -1.01. The van der Waals surface area contributed by atoms with E-state index >= 15 is 0 Å². The number of hydrogen-bond donors (Lipinski definition) is 2. The van der Waals surface area contributed by atoms with Crippen LogP contribution in [0.4, 0.5) is 6.01 Å². The van der Waals surface area contributed by atoms with Crippen LogP contribution in [0, 0.1) is 0 Å². The number of aromatic nitrogens is 1. The summed E-state index contributed by atoms with van der Waals surface area (Å²) in [7, 11) is 0. The van der Waals surface area contributed by atoms with Gasteiger partial charge in [-0.15, -0.1) is 0 Å². The molecule has 0 spiro atoms. The van der Waals surface area contributed by atoms with E-state index in [1.807, 2.05) is 0 Å². The molecule has 0 unspecified atom stereocenters. The molecule has 0 radical (unpaired) electrons. The van der Waals surface area contributed by atoms with Gasteiger partial charge in [0.05, 0.1) is 12.1 Å². The van der Waals surface area contributed by atoms with Crippen LogP contribution in [0.15, 0.2) is 34.2 Å². The van der Waals surface area contributed by atoms with Crippen LogP contribution < -0.4 is 5.32 Å². The highest BCUT2D eigenvalue weighted by Gasteiger charge is 2.09. The van der Waals surface area contributed by atoms with E-state index in [4.69, 9.17) is 21.1 Å². The van der Waals surface area contributed by atoms with E-state index in [-0.39, 0.29) is 11.6 Å². The number of nitrogens with zero attached hydrogens (tertiary/aromatic N) is 1. The van der Waals surface area contributed by atoms with E-state index < -0.39 is 5.97 Å². The molecule has 0 aliphatic rings. The standard InChI is InChI=1S/C11H9ClN2O3/c1-6(12)5-13-11-14-8-3-2-7(10(15)16)4-9(8)17-11/h2-4H,1,5H2,(H,13,14)(H,15,16). The maximum absolute atomic E-state index is 10.8. The molecule has 5 nitrogen and oxygen atoms in total. The molecule has 0 atom stereocenters. The average molecular weight is 253 g/mol. The molecule has 0 aliphatic heterocycles. The molecule has 2 aromatic rings. The van der Waals surface area contributed by atoms with Crippen LogP contribution in [-0.4, -0.2) is 22.6 Å². The molecule has 0 bridgehead atoms. The van der Waals surface area contributed by atoms with Gasteiger partial charge in [-0.25, -0.2) is 4.79 Å². The van der Waals surface area contributed by atoms with Gasteiger partial charge >= 0.3 is 5.97 Å². The topological polar surface area (TPSA) is 75.4 Å². The predicted molar refractivity (Wildman–Crippen MR) is 64.5 cm³/mol. The molecule has 6 heteroatoms. The smallest absolute Gasteiger partial charge is 0.335 e. The summed E-state index contributed by atoms with van der Waals surface area (Å²) in [6, 6.07) is 4.76. The quantitative estimate of drug-likeness (QED) is 0.875. The number of benzene rings is 1. The molecule has 0 aliphatic carbocycles. The van der Waals surface area contributed by atoms with Gasteiger partial charge in [-0.2, -0.15) is 4.98 Å². The van der Waals surface area contributed by atoms with E-state index in [0.29, 0.717) is 22.7 Å². The van der Waals surface area contributed by atoms with Crippen molar-refractivity contribution in [1.82, 2.24) is 4.98 Å². The van der Waals surface area contributed by atoms with Crippen molar-refractivity contribution in [2.75, 3.05) is 11.9 Å². The summed E-state index contributed by atoms with van der Waals surface area (Å²) in [4.78, 5) is 14.9. The SMILES string of the molecule is C=C(Cl)CNc1nc2ccc(C(=O)O)cc2o1. The number of carboxylic acids is 1. The second kappa shape index (κ2) is 4.47. The molecule has 0 saturated carbocycles. The van der Waals surface area contributed by atoms with E-state index in [0.717, 1.165) is 0 Å². The van der Waals surface area contributed by atoms with Gasteiger partial charge in [0.1, 0.15) is 5.52 Å². The zero-order valence-corrected chi connectivity index (χ0v) is 9.49. The van der Waals surface area contributed by atoms with Gasteiger partial charge in [0, 0.05) is 5.03 Å². The van der Waals surface area contributed by atoms with Crippen molar-refractivity contribution < 1.29 is 14.3 Å². The van der Waals surface area contributed by atoms with Crippen LogP contribution in [0.3, 0.4) is 0 Å². The molecular formula is C11H9ClN2O3. The Hall–Kier alpha value is -2.01. The Morgan fingerprint density at radius 2 is 2.35 bits per heavy atom. The number of oxazole rings is 1. The highest BCUT2D eigenvalue weighted by Crippen LogP contribution is 2.20. The summed E-state index contributed by atoms with van der Waals surface area (Å²) in [5.41, 5.74) is 1.15. The summed E-state index contributed by atoms with van der Waals surface area (Å²) >= 11 is 5.59. The lowest BCUT2D eigenvalue weighted by atomic mass is 10.2. The summed E-state index contributed by atoms with van der Waals surface area (Å²) in [5, 5.41) is 12.1. The van der Waals surface area contributed by atoms with Crippen molar-refractivity contribution in [2.45, 2.75) is 0 Å². The van der Waals surface area contributed by atoms with Gasteiger partial charge in [0.2, 0.25) is 0 Å². The van der Waals surface area contributed by atoms with Crippen molar-refractivity contribution >= 4 is 34.7 Å². The van der Waals surface area contributed by atoms with Crippen LogP contribution in [0.1, 0.15) is 10.4 Å². The number of fused-ring (bicyclic) bond motifs is 1. The monoisotopic (exact) mass is 252 g/mol. The summed E-state index contributed by atoms with van der Waals surface area (Å²) in [5.74, 6) is -1.01. The Balaban J connectivity index is 2.30. The van der Waals surface area contributed by atoms with Crippen LogP contribution in [0.2, 0.25) is 0 Å². The van der Waals surface area contributed by atoms with E-state index in [1.165, 1.54) is 12.1 Å². The first-order valence-corrected chi connectivity index (χ1v) is 5.15. The number of halogens is 1. The van der Waals surface area contributed by atoms with Crippen molar-refractivity contribution in [3.63, 3.8) is 0 Å². The number of aromatic carboxylic acids is 1. The highest BCUT2D eigenvalue weighted by atomic mass is 35.5. The predicted octanol–water partition coefficient (Wildman–Crippen LogP) is 2.69. The number of carboxylic acid groups (broad SMARTS) is 1. The maximum Gasteiger partial charge on any atom is 0.335 e. The minimum absolute atomic E-state index is 0.155. The number of carbonyl (C=O) groups is 1. The van der Waals surface area contributed by atoms with Gasteiger partial charge in [-0.3, -0.25) is 0 Å². The van der Waals surface area contributed by atoms with E-state index in [9.17, 15) is 4.79 Å². The molecule has 2 rings (SSSR count). The second-order valence-electron chi connectivity index (χ2n) is 3.38. The number of rotatable bonds is 4. The van der Waals surface area contributed by atoms with Gasteiger partial charge in [0.15, 0.2) is 5.58 Å². The van der Waals surface area contributed by atoms with Gasteiger partial charge < -0.3 is 14.8 Å². The summed E-state index contributed by atoms with van der Waals surface area (Å²) in [6.07, 6.45) is 0. The van der Waals surface area contributed by atoms with Crippen molar-refractivity contribution in [1.29, 1.82) is 0 Å². The lowest BCUT2D eigenvalue weighted by Crippen LogP contribution is -2.00. The molecule has 0 saturated heterocycles. The van der Waals surface area contributed by atoms with Crippen LogP contribution in [-0.2, 0) is 0 Å². The van der Waals surface area contributed by atoms with E-state index in [1.54, 1.807) is 6.07 Å². The minimum Gasteiger partial charge on any atom is -0.478 e. The molecule has 2 N–H and O–H groups in total. The van der Waals surface area contributed by atoms with Gasteiger partial charge in [-0.05, 0) is 18.2 Å². The Labute approximate surface area is 102 Å². The zero-order chi connectivity index (χ0) is 12.4. The first kappa shape index (κ1) is 11.5. The average Bonchev–Trinajstić information content (AvgIpc) is 2.67. The summed E-state index contributed by atoms with van der Waals surface area (Å²) in [6.45, 7) is 3.85. The Morgan fingerprint density at radius 1 is 1.59 bits per heavy atom. The number of anilines is 1. The third-order valence-electron chi connectivity index (χ3n) is 2.07. The summed E-state index contributed by atoms with van der Waals surface area (Å²) < 4.78 is 5.32. The first-order valence-electron chi connectivity index (χ1n) is 4.77. The molecule has 1 heterocycles. The number of hydrogen-bond acceptors (Lipinski definition) is 4. The lowest BCUT2D eigenvalue weighted by molar-refractivity contribution is 0.0697. The molecule has 17 heavy (non-hydrogen) atoms. The third-order valence-corrected chi connectivity index (χ3v) is 2.20. The van der Waals surface area contributed by atoms with E-state index in [2.05, 4.69) is 16.9 Å². The van der Waals surface area contributed by atoms with Crippen LogP contribution in [0.25, 0.3) is 11.1 Å². The van der Waals surface area contributed by atoms with Crippen molar-refractivity contribution in [3.05, 3.63) is 35.4 Å². The fourth-order valence-electron chi connectivity index (χ4n) is 1.30. The highest BCUT2D eigenvalue weighted by molar-refractivity contribution is 6.29. The van der Waals surface area contributed by atoms with Crippen LogP contribution in [0.5, 0.6) is 0 Å². The van der Waals surface area contributed by atoms with Crippen LogP contribution >= 0.6 is 11.6 Å². The Bertz CT molecular complexity index is 591. The molecule has 0 amide bonds. The molecule has 88 valence electrons. The molecular weight excluding hydrogens is 244 g/mol. The Kier molecular flexibility index (Phi) is 3.01. The normalized spacial score (nSPS) is 10.4. The van der Waals surface area contributed by atoms with Crippen molar-refractivity contribution in [3.8, 4) is 0 Å². The lowest BCUT2D eigenvalue weighted by Gasteiger charge is -1.96. The van der Waals surface area contributed by atoms with Gasteiger partial charge in [-0.1, -0.05) is 18.2 Å². The second-order valence-corrected chi connectivity index (χ2v) is 3.91. The molecule has 0 fully saturated rings. The molecule has 1 aromatic carbocycles. The third kappa shape index (κ3) is 2.57. The first-order chi connectivity index (χ1) is 8.06. The zero-order valence-electron chi connectivity index (χ0n) is 8.74. The Morgan fingerprint density at radius 3 is 3.00 bits per heavy atom. The number of nitrogens with one attached hydrogen (secondary N) is 1. The van der Waals surface area contributed by atoms with Gasteiger partial charge in [0.25, 0.3) is 6.01 Å². The largest absolute Gasteiger partial charge is 0.478 e. The fourth-order valence-corrected chi connectivity index (χ4v) is 1.37. The fraction of sp³-hybridized carbons (Fsp3) is 0.0909. The molecule has 1 aromatic heterocycles. The maximum atomic E-state index is 10.8. The van der Waals surface area contributed by atoms with Crippen molar-refractivity contribution in [2.24, 2.45) is 0 Å².